The molecule has 0 fully saturated rings. The molecule has 2 aromatic rings. The Hall–Kier alpha value is -2.06. The number of hydrogen-bond donors (Lipinski definition) is 2. The van der Waals surface area contributed by atoms with E-state index in [0.717, 1.165) is 16.4 Å². The number of thiazole rings is 1. The zero-order chi connectivity index (χ0) is 13.1. The average molecular weight is 258 g/mol. The maximum Gasteiger partial charge on any atom is 0.185 e. The Kier molecular flexibility index (Phi) is 3.49. The Morgan fingerprint density at radius 3 is 2.78 bits per heavy atom. The van der Waals surface area contributed by atoms with Crippen LogP contribution >= 0.6 is 11.3 Å². The second-order valence-corrected chi connectivity index (χ2v) is 5.00. The van der Waals surface area contributed by atoms with Gasteiger partial charge in [-0.25, -0.2) is 4.98 Å². The van der Waals surface area contributed by atoms with Gasteiger partial charge in [-0.1, -0.05) is 23.5 Å². The van der Waals surface area contributed by atoms with Crippen LogP contribution in [0.25, 0.3) is 0 Å². The van der Waals surface area contributed by atoms with Crippen molar-refractivity contribution >= 4 is 28.0 Å². The molecule has 0 spiro atoms. The smallest absolute Gasteiger partial charge is 0.185 e. The van der Waals surface area contributed by atoms with Gasteiger partial charge in [-0.3, -0.25) is 0 Å². The Morgan fingerprint density at radius 2 is 2.11 bits per heavy atom. The van der Waals surface area contributed by atoms with Gasteiger partial charge in [0.15, 0.2) is 15.8 Å². The molecule has 4 nitrogen and oxygen atoms in total. The molecule has 0 radical (unpaired) electrons. The van der Waals surface area contributed by atoms with Crippen LogP contribution in [0.15, 0.2) is 18.2 Å². The molecule has 2 rings (SSSR count). The first-order valence-corrected chi connectivity index (χ1v) is 6.38. The van der Waals surface area contributed by atoms with Crippen molar-refractivity contribution in [2.75, 3.05) is 17.7 Å². The van der Waals surface area contributed by atoms with Crippen LogP contribution in [0.3, 0.4) is 0 Å². The van der Waals surface area contributed by atoms with Gasteiger partial charge in [0.25, 0.3) is 0 Å². The Bertz CT molecular complexity index is 610. The number of aryl methyl sites for hydroxylation is 2. The van der Waals surface area contributed by atoms with Gasteiger partial charge in [-0.05, 0) is 31.0 Å². The predicted octanol–water partition coefficient (Wildman–Crippen LogP) is 3.42. The molecule has 1 heterocycles. The standard InChI is InChI=1S/C13H14N4S/c1-8-4-5-9(2)10(6-8)16-12-11(7-14)18-13(15-3)17-12/h4-6,16H,1-3H3,(H,15,17). The third kappa shape index (κ3) is 2.44. The van der Waals surface area contributed by atoms with E-state index in [4.69, 9.17) is 5.26 Å². The van der Waals surface area contributed by atoms with Crippen LogP contribution < -0.4 is 10.6 Å². The molecule has 0 aliphatic heterocycles. The summed E-state index contributed by atoms with van der Waals surface area (Å²) in [6, 6.07) is 8.32. The first-order chi connectivity index (χ1) is 8.63. The maximum atomic E-state index is 9.08. The SMILES string of the molecule is CNc1nc(Nc2cc(C)ccc2C)c(C#N)s1. The monoisotopic (exact) mass is 258 g/mol. The molecule has 0 amide bonds. The lowest BCUT2D eigenvalue weighted by Gasteiger charge is -2.08. The van der Waals surface area contributed by atoms with Gasteiger partial charge in [-0.15, -0.1) is 0 Å². The van der Waals surface area contributed by atoms with E-state index < -0.39 is 0 Å². The fourth-order valence-electron chi connectivity index (χ4n) is 1.59. The zero-order valence-corrected chi connectivity index (χ0v) is 11.4. The second kappa shape index (κ2) is 5.07. The van der Waals surface area contributed by atoms with Crippen molar-refractivity contribution in [1.29, 1.82) is 5.26 Å². The van der Waals surface area contributed by atoms with Crippen molar-refractivity contribution < 1.29 is 0 Å². The molecule has 0 aliphatic rings. The van der Waals surface area contributed by atoms with Crippen LogP contribution in [0, 0.1) is 25.2 Å². The molecule has 5 heteroatoms. The van der Waals surface area contributed by atoms with E-state index >= 15 is 0 Å². The van der Waals surface area contributed by atoms with Crippen molar-refractivity contribution in [2.45, 2.75) is 13.8 Å². The highest BCUT2D eigenvalue weighted by Crippen LogP contribution is 2.29. The van der Waals surface area contributed by atoms with Crippen LogP contribution in [-0.2, 0) is 0 Å². The van der Waals surface area contributed by atoms with Gasteiger partial charge in [0.05, 0.1) is 0 Å². The largest absolute Gasteiger partial charge is 0.364 e. The molecule has 1 aromatic carbocycles. The molecule has 92 valence electrons. The van der Waals surface area contributed by atoms with Crippen molar-refractivity contribution in [2.24, 2.45) is 0 Å². The minimum Gasteiger partial charge on any atom is -0.364 e. The van der Waals surface area contributed by atoms with Crippen molar-refractivity contribution in [3.63, 3.8) is 0 Å². The lowest BCUT2D eigenvalue weighted by atomic mass is 10.1. The summed E-state index contributed by atoms with van der Waals surface area (Å²) in [5.41, 5.74) is 3.29. The third-order valence-electron chi connectivity index (χ3n) is 2.59. The van der Waals surface area contributed by atoms with E-state index in [1.165, 1.54) is 16.9 Å². The van der Waals surface area contributed by atoms with Crippen LogP contribution in [-0.4, -0.2) is 12.0 Å². The summed E-state index contributed by atoms with van der Waals surface area (Å²) in [6.45, 7) is 4.06. The minimum absolute atomic E-state index is 0.584. The van der Waals surface area contributed by atoms with E-state index in [-0.39, 0.29) is 0 Å². The summed E-state index contributed by atoms with van der Waals surface area (Å²) < 4.78 is 0. The Balaban J connectivity index is 2.36. The summed E-state index contributed by atoms with van der Waals surface area (Å²) in [6.07, 6.45) is 0. The molecule has 0 aliphatic carbocycles. The third-order valence-corrected chi connectivity index (χ3v) is 3.57. The molecule has 0 atom stereocenters. The van der Waals surface area contributed by atoms with E-state index in [2.05, 4.69) is 39.9 Å². The van der Waals surface area contributed by atoms with E-state index in [0.29, 0.717) is 10.7 Å². The zero-order valence-electron chi connectivity index (χ0n) is 10.5. The molecular weight excluding hydrogens is 244 g/mol. The Labute approximate surface area is 110 Å². The normalized spacial score (nSPS) is 9.89. The van der Waals surface area contributed by atoms with E-state index in [1.54, 1.807) is 7.05 Å². The topological polar surface area (TPSA) is 60.7 Å². The number of aromatic nitrogens is 1. The number of hydrogen-bond acceptors (Lipinski definition) is 5. The number of rotatable bonds is 3. The first-order valence-electron chi connectivity index (χ1n) is 5.57. The minimum atomic E-state index is 0.584. The quantitative estimate of drug-likeness (QED) is 0.885. The van der Waals surface area contributed by atoms with Gasteiger partial charge in [0.2, 0.25) is 0 Å². The highest BCUT2D eigenvalue weighted by molar-refractivity contribution is 7.16. The summed E-state index contributed by atoms with van der Waals surface area (Å²) in [5, 5.41) is 16.0. The molecule has 18 heavy (non-hydrogen) atoms. The van der Waals surface area contributed by atoms with Crippen LogP contribution in [0.4, 0.5) is 16.6 Å². The van der Waals surface area contributed by atoms with Crippen molar-refractivity contribution in [3.8, 4) is 6.07 Å². The van der Waals surface area contributed by atoms with Crippen LogP contribution in [0.5, 0.6) is 0 Å². The second-order valence-electron chi connectivity index (χ2n) is 4.00. The van der Waals surface area contributed by atoms with Crippen molar-refractivity contribution in [3.05, 3.63) is 34.2 Å². The summed E-state index contributed by atoms with van der Waals surface area (Å²) in [5.74, 6) is 0.612. The van der Waals surface area contributed by atoms with E-state index in [1.807, 2.05) is 13.8 Å². The predicted molar refractivity (Wildman–Crippen MR) is 75.6 cm³/mol. The average Bonchev–Trinajstić information content (AvgIpc) is 2.76. The van der Waals surface area contributed by atoms with Crippen LogP contribution in [0.2, 0.25) is 0 Å². The highest BCUT2D eigenvalue weighted by Gasteiger charge is 2.11. The summed E-state index contributed by atoms with van der Waals surface area (Å²) >= 11 is 1.34. The fourth-order valence-corrected chi connectivity index (χ4v) is 2.26. The lowest BCUT2D eigenvalue weighted by Crippen LogP contribution is -1.96. The molecule has 0 saturated heterocycles. The number of anilines is 3. The van der Waals surface area contributed by atoms with Gasteiger partial charge >= 0.3 is 0 Å². The summed E-state index contributed by atoms with van der Waals surface area (Å²) in [7, 11) is 1.79. The van der Waals surface area contributed by atoms with Crippen molar-refractivity contribution in [1.82, 2.24) is 4.98 Å². The number of nitrogens with zero attached hydrogens (tertiary/aromatic N) is 2. The van der Waals surface area contributed by atoms with Gasteiger partial charge in [-0.2, -0.15) is 5.26 Å². The van der Waals surface area contributed by atoms with Gasteiger partial charge in [0, 0.05) is 12.7 Å². The molecule has 1 aromatic heterocycles. The number of nitrogens with one attached hydrogen (secondary N) is 2. The highest BCUT2D eigenvalue weighted by atomic mass is 32.1. The Morgan fingerprint density at radius 1 is 1.33 bits per heavy atom. The van der Waals surface area contributed by atoms with E-state index in [9.17, 15) is 0 Å². The molecule has 0 saturated carbocycles. The lowest BCUT2D eigenvalue weighted by molar-refractivity contribution is 1.31. The molecule has 0 bridgehead atoms. The summed E-state index contributed by atoms with van der Waals surface area (Å²) in [4.78, 5) is 4.92. The number of benzene rings is 1. The molecule has 0 unspecified atom stereocenters. The molecular formula is C13H14N4S. The maximum absolute atomic E-state index is 9.08. The number of nitriles is 1. The first kappa shape index (κ1) is 12.4. The fraction of sp³-hybridized carbons (Fsp3) is 0.231. The van der Waals surface area contributed by atoms with Gasteiger partial charge in [0.1, 0.15) is 6.07 Å². The van der Waals surface area contributed by atoms with Gasteiger partial charge < -0.3 is 10.6 Å². The molecule has 2 N–H and O–H groups in total. The van der Waals surface area contributed by atoms with Crippen LogP contribution in [0.1, 0.15) is 16.0 Å².